The molecule has 0 spiro atoms. The number of halogens is 3. The van der Waals surface area contributed by atoms with Crippen LogP contribution in [-0.4, -0.2) is 85.5 Å². The van der Waals surface area contributed by atoms with Crippen molar-refractivity contribution in [3.05, 3.63) is 59.3 Å². The summed E-state index contributed by atoms with van der Waals surface area (Å²) in [4.78, 5) is 38.1. The van der Waals surface area contributed by atoms with Gasteiger partial charge < -0.3 is 35.4 Å². The number of hydrogen-bond acceptors (Lipinski definition) is 9. The van der Waals surface area contributed by atoms with Gasteiger partial charge in [0.15, 0.2) is 0 Å². The van der Waals surface area contributed by atoms with Gasteiger partial charge in [-0.05, 0) is 43.4 Å². The van der Waals surface area contributed by atoms with Crippen molar-refractivity contribution >= 4 is 40.6 Å². The number of ether oxygens (including phenoxy) is 1. The first-order chi connectivity index (χ1) is 20.5. The van der Waals surface area contributed by atoms with Gasteiger partial charge in [-0.25, -0.2) is 4.98 Å². The number of carbonyl (C=O) groups is 2. The predicted octanol–water partition coefficient (Wildman–Crippen LogP) is 3.56. The average Bonchev–Trinajstić information content (AvgIpc) is 3.36. The topological polar surface area (TPSA) is 115 Å². The minimum absolute atomic E-state index is 0.0314. The Kier molecular flexibility index (Phi) is 8.57. The molecule has 228 valence electrons. The van der Waals surface area contributed by atoms with E-state index >= 15 is 0 Å². The highest BCUT2D eigenvalue weighted by Gasteiger charge is 2.35. The molecule has 2 aliphatic rings. The highest BCUT2D eigenvalue weighted by atomic mass is 19.4. The number of nitrogens with one attached hydrogen (secondary N) is 3. The third kappa shape index (κ3) is 6.91. The molecule has 43 heavy (non-hydrogen) atoms. The SMILES string of the molecule is COc1cc(N2CCN(C(=O)CN(C)C)CC2)ccc1Nc1ncc(C(F)(F)F)c(NCc2cccc3c2CC(=O)N3)n1. The third-order valence-corrected chi connectivity index (χ3v) is 7.31. The van der Waals surface area contributed by atoms with Crippen LogP contribution in [0.3, 0.4) is 0 Å². The van der Waals surface area contributed by atoms with Crippen LogP contribution in [-0.2, 0) is 28.7 Å². The molecule has 0 saturated carbocycles. The van der Waals surface area contributed by atoms with Crippen LogP contribution in [0.2, 0.25) is 0 Å². The molecule has 2 aliphatic heterocycles. The van der Waals surface area contributed by atoms with E-state index in [2.05, 4.69) is 30.8 Å². The van der Waals surface area contributed by atoms with E-state index in [0.29, 0.717) is 55.4 Å². The van der Waals surface area contributed by atoms with Crippen LogP contribution in [0.15, 0.2) is 42.6 Å². The molecule has 0 unspecified atom stereocenters. The quantitative estimate of drug-likeness (QED) is 0.340. The van der Waals surface area contributed by atoms with Crippen molar-refractivity contribution < 1.29 is 27.5 Å². The molecule has 2 amide bonds. The average molecular weight is 599 g/mol. The minimum atomic E-state index is -4.68. The molecule has 11 nitrogen and oxygen atoms in total. The zero-order chi connectivity index (χ0) is 30.7. The second-order valence-electron chi connectivity index (χ2n) is 10.6. The van der Waals surface area contributed by atoms with Gasteiger partial charge in [0.1, 0.15) is 17.1 Å². The van der Waals surface area contributed by atoms with Crippen molar-refractivity contribution in [3.63, 3.8) is 0 Å². The summed E-state index contributed by atoms with van der Waals surface area (Å²) in [6, 6.07) is 10.7. The lowest BCUT2D eigenvalue weighted by Crippen LogP contribution is -2.50. The highest BCUT2D eigenvalue weighted by Crippen LogP contribution is 2.36. The Morgan fingerprint density at radius 3 is 2.60 bits per heavy atom. The zero-order valence-electron chi connectivity index (χ0n) is 24.1. The van der Waals surface area contributed by atoms with Gasteiger partial charge in [-0.2, -0.15) is 18.2 Å². The fraction of sp³-hybridized carbons (Fsp3) is 0.379. The van der Waals surface area contributed by atoms with E-state index in [1.165, 1.54) is 7.11 Å². The summed E-state index contributed by atoms with van der Waals surface area (Å²) < 4.78 is 47.0. The Labute approximate surface area is 247 Å². The molecular weight excluding hydrogens is 565 g/mol. The lowest BCUT2D eigenvalue weighted by atomic mass is 10.0. The largest absolute Gasteiger partial charge is 0.494 e. The number of likely N-dealkylation sites (N-methyl/N-ethyl adjacent to an activating group) is 1. The molecule has 14 heteroatoms. The molecule has 1 aromatic heterocycles. The number of aromatic nitrogens is 2. The van der Waals surface area contributed by atoms with Crippen LogP contribution >= 0.6 is 0 Å². The number of benzene rings is 2. The molecule has 3 heterocycles. The van der Waals surface area contributed by atoms with E-state index in [0.717, 1.165) is 17.4 Å². The number of piperazine rings is 1. The monoisotopic (exact) mass is 598 g/mol. The normalized spacial score (nSPS) is 14.9. The number of amides is 2. The summed E-state index contributed by atoms with van der Waals surface area (Å²) >= 11 is 0. The number of nitrogens with zero attached hydrogens (tertiary/aromatic N) is 5. The van der Waals surface area contributed by atoms with Crippen molar-refractivity contribution in [1.29, 1.82) is 0 Å². The first-order valence-electron chi connectivity index (χ1n) is 13.7. The smallest absolute Gasteiger partial charge is 0.421 e. The number of rotatable bonds is 9. The fourth-order valence-electron chi connectivity index (χ4n) is 5.13. The maximum absolute atomic E-state index is 13.8. The van der Waals surface area contributed by atoms with E-state index in [1.807, 2.05) is 36.0 Å². The summed E-state index contributed by atoms with van der Waals surface area (Å²) in [7, 11) is 5.22. The number of carbonyl (C=O) groups excluding carboxylic acids is 2. The number of methoxy groups -OCH3 is 1. The Morgan fingerprint density at radius 2 is 1.91 bits per heavy atom. The second kappa shape index (κ2) is 12.3. The van der Waals surface area contributed by atoms with E-state index < -0.39 is 17.6 Å². The van der Waals surface area contributed by atoms with Crippen LogP contribution in [0, 0.1) is 0 Å². The predicted molar refractivity (Wildman–Crippen MR) is 157 cm³/mol. The summed E-state index contributed by atoms with van der Waals surface area (Å²) in [5.74, 6) is -0.0586. The Morgan fingerprint density at radius 1 is 1.14 bits per heavy atom. The second-order valence-corrected chi connectivity index (χ2v) is 10.6. The molecular formula is C29H33F3N8O3. The van der Waals surface area contributed by atoms with Crippen LogP contribution in [0.4, 0.5) is 42.0 Å². The number of alkyl halides is 3. The maximum atomic E-state index is 13.8. The van der Waals surface area contributed by atoms with Gasteiger partial charge in [0.05, 0.1) is 25.8 Å². The number of hydrogen-bond donors (Lipinski definition) is 3. The first kappa shape index (κ1) is 29.9. The molecule has 3 aromatic rings. The fourth-order valence-corrected chi connectivity index (χ4v) is 5.13. The highest BCUT2D eigenvalue weighted by molar-refractivity contribution is 5.99. The van der Waals surface area contributed by atoms with Crippen molar-refractivity contribution in [1.82, 2.24) is 19.8 Å². The van der Waals surface area contributed by atoms with Gasteiger partial charge in [0.2, 0.25) is 17.8 Å². The Balaban J connectivity index is 1.31. The molecule has 5 rings (SSSR count). The molecule has 3 N–H and O–H groups in total. The van der Waals surface area contributed by atoms with Gasteiger partial charge in [-0.1, -0.05) is 12.1 Å². The Hall–Kier alpha value is -4.59. The zero-order valence-corrected chi connectivity index (χ0v) is 24.1. The molecule has 0 atom stereocenters. The van der Waals surface area contributed by atoms with Crippen LogP contribution in [0.1, 0.15) is 16.7 Å². The van der Waals surface area contributed by atoms with Gasteiger partial charge in [-0.3, -0.25) is 9.59 Å². The van der Waals surface area contributed by atoms with Gasteiger partial charge in [0, 0.05) is 56.4 Å². The Bertz CT molecular complexity index is 1510. The molecule has 0 radical (unpaired) electrons. The molecule has 0 aliphatic carbocycles. The maximum Gasteiger partial charge on any atom is 0.421 e. The van der Waals surface area contributed by atoms with Crippen molar-refractivity contribution in [2.45, 2.75) is 19.1 Å². The summed E-state index contributed by atoms with van der Waals surface area (Å²) in [5, 5.41) is 8.51. The summed E-state index contributed by atoms with van der Waals surface area (Å²) in [6.07, 6.45) is -3.79. The number of anilines is 5. The van der Waals surface area contributed by atoms with Gasteiger partial charge >= 0.3 is 6.18 Å². The van der Waals surface area contributed by atoms with Crippen LogP contribution < -0.4 is 25.6 Å². The van der Waals surface area contributed by atoms with E-state index in [4.69, 9.17) is 4.74 Å². The van der Waals surface area contributed by atoms with Gasteiger partial charge in [-0.15, -0.1) is 0 Å². The standard InChI is InChI=1S/C29H33F3N8O3/c1-38(2)17-26(42)40-11-9-39(10-12-40)19-7-8-23(24(13-19)43-3)36-28-34-16-21(29(30,31)32)27(37-28)33-15-18-5-4-6-22-20(18)14-25(41)35-22/h4-8,13,16H,9-12,14-15,17H2,1-3H3,(H,35,41)(H2,33,34,36,37). The van der Waals surface area contributed by atoms with Crippen molar-refractivity contribution in [3.8, 4) is 5.75 Å². The van der Waals surface area contributed by atoms with E-state index in [-0.39, 0.29) is 30.7 Å². The summed E-state index contributed by atoms with van der Waals surface area (Å²) in [5.41, 5.74) is 2.44. The molecule has 2 aromatic carbocycles. The van der Waals surface area contributed by atoms with E-state index in [1.54, 1.807) is 24.3 Å². The molecule has 1 saturated heterocycles. The minimum Gasteiger partial charge on any atom is -0.494 e. The number of fused-ring (bicyclic) bond motifs is 1. The van der Waals surface area contributed by atoms with Crippen LogP contribution in [0.5, 0.6) is 5.75 Å². The van der Waals surface area contributed by atoms with Gasteiger partial charge in [0.25, 0.3) is 0 Å². The third-order valence-electron chi connectivity index (χ3n) is 7.31. The summed E-state index contributed by atoms with van der Waals surface area (Å²) in [6.45, 7) is 2.90. The van der Waals surface area contributed by atoms with Crippen LogP contribution in [0.25, 0.3) is 0 Å². The van der Waals surface area contributed by atoms with Crippen molar-refractivity contribution in [2.75, 3.05) is 74.8 Å². The first-order valence-corrected chi connectivity index (χ1v) is 13.7. The van der Waals surface area contributed by atoms with E-state index in [9.17, 15) is 22.8 Å². The van der Waals surface area contributed by atoms with Crippen molar-refractivity contribution in [2.24, 2.45) is 0 Å². The lowest BCUT2D eigenvalue weighted by molar-refractivity contribution is -0.137. The lowest BCUT2D eigenvalue weighted by Gasteiger charge is -2.36. The molecule has 1 fully saturated rings. The molecule has 0 bridgehead atoms.